The predicted octanol–water partition coefficient (Wildman–Crippen LogP) is 14.2. The Morgan fingerprint density at radius 2 is 1.11 bits per heavy atom. The predicted molar refractivity (Wildman–Crippen MR) is 285 cm³/mol. The Morgan fingerprint density at radius 3 is 1.74 bits per heavy atom. The summed E-state index contributed by atoms with van der Waals surface area (Å²) in [5.41, 5.74) is 7.85. The maximum Gasteiger partial charge on any atom is 0.235 e. The summed E-state index contributed by atoms with van der Waals surface area (Å²) in [5.74, 6) is 0.652. The molecule has 5 heterocycles. The monoisotopic (exact) mass is 955 g/mol. The van der Waals surface area contributed by atoms with Crippen LogP contribution in [0.1, 0.15) is 76.3 Å². The van der Waals surface area contributed by atoms with Crippen molar-refractivity contribution < 1.29 is 28.4 Å². The van der Waals surface area contributed by atoms with Crippen molar-refractivity contribution in [3.63, 3.8) is 0 Å². The standard InChI is InChI=1S/C60H65N3O6S/c1-3-59(38-68-39-59)36-66-30-16-6-14-28-64-34-42-24-26-51-48(32-42)53-54-49-33-43(35-65-29-15-7-17-31-67-37-60(4-2)40-69-41-60)25-27-52(49)70-57(54)46-21-11-10-20-45(46)56(53)63(51)58-61-50-23-13-12-22-47(50)55(62-58)44-18-8-5-9-19-44/h5,8-13,18-27,32-33H,3-4,6-7,14-17,28-31,34-41H2,1-2H3. The zero-order valence-corrected chi connectivity index (χ0v) is 41.6. The van der Waals surface area contributed by atoms with Crippen molar-refractivity contribution >= 4 is 75.0 Å². The average molecular weight is 956 g/mol. The van der Waals surface area contributed by atoms with E-state index in [0.717, 1.165) is 150 Å². The Bertz CT molecular complexity index is 3240. The van der Waals surface area contributed by atoms with Crippen molar-refractivity contribution in [3.05, 3.63) is 126 Å². The van der Waals surface area contributed by atoms with Crippen LogP contribution in [0, 0.1) is 10.8 Å². The third-order valence-corrected chi connectivity index (χ3v) is 16.1. The summed E-state index contributed by atoms with van der Waals surface area (Å²) in [4.78, 5) is 10.9. The highest BCUT2D eigenvalue weighted by Gasteiger charge is 2.37. The molecule has 0 aliphatic carbocycles. The fraction of sp³-hybridized carbons (Fsp3) is 0.400. The van der Waals surface area contributed by atoms with E-state index in [1.807, 2.05) is 11.3 Å². The van der Waals surface area contributed by atoms with Crippen LogP contribution < -0.4 is 0 Å². The molecule has 9 aromatic rings. The van der Waals surface area contributed by atoms with Gasteiger partial charge in [0.25, 0.3) is 0 Å². The highest BCUT2D eigenvalue weighted by atomic mass is 32.1. The molecule has 9 nitrogen and oxygen atoms in total. The number of ether oxygens (including phenoxy) is 6. The van der Waals surface area contributed by atoms with Gasteiger partial charge in [-0.3, -0.25) is 4.57 Å². The molecule has 2 aliphatic heterocycles. The molecule has 2 aliphatic rings. The molecule has 0 unspecified atom stereocenters. The number of fused-ring (bicyclic) bond motifs is 11. The molecule has 0 saturated carbocycles. The smallest absolute Gasteiger partial charge is 0.235 e. The SMILES string of the molecule is CCC1(COCCCCCOCc2ccc3sc4c5ccccc5c5c(c6cc(COCCCCCOCC7(CC)COC7)ccc6n5-c5nc(-c6ccccc6)c6ccccc6n5)c4c3c2)COC1. The van der Waals surface area contributed by atoms with Crippen molar-refractivity contribution in [2.24, 2.45) is 10.8 Å². The number of aromatic nitrogens is 3. The highest BCUT2D eigenvalue weighted by Crippen LogP contribution is 2.48. The molecule has 11 rings (SSSR count). The molecule has 0 bridgehead atoms. The van der Waals surface area contributed by atoms with Crippen molar-refractivity contribution in [1.29, 1.82) is 0 Å². The summed E-state index contributed by atoms with van der Waals surface area (Å²) in [6.45, 7) is 13.5. The second-order valence-corrected chi connectivity index (χ2v) is 20.9. The number of unbranched alkanes of at least 4 members (excludes halogenated alkanes) is 4. The van der Waals surface area contributed by atoms with Crippen molar-refractivity contribution in [3.8, 4) is 17.2 Å². The fourth-order valence-corrected chi connectivity index (χ4v) is 11.6. The van der Waals surface area contributed by atoms with Gasteiger partial charge < -0.3 is 28.4 Å². The van der Waals surface area contributed by atoms with Crippen molar-refractivity contribution in [1.82, 2.24) is 14.5 Å². The molecule has 0 N–H and O–H groups in total. The molecule has 0 spiro atoms. The summed E-state index contributed by atoms with van der Waals surface area (Å²) in [7, 11) is 0. The van der Waals surface area contributed by atoms with Crippen LogP contribution in [-0.2, 0) is 41.6 Å². The van der Waals surface area contributed by atoms with Crippen LogP contribution in [-0.4, -0.2) is 80.6 Å². The summed E-state index contributed by atoms with van der Waals surface area (Å²) in [6.07, 6.45) is 8.49. The van der Waals surface area contributed by atoms with E-state index in [2.05, 4.69) is 134 Å². The van der Waals surface area contributed by atoms with Gasteiger partial charge in [0.15, 0.2) is 0 Å². The Kier molecular flexibility index (Phi) is 14.2. The average Bonchev–Trinajstić information content (AvgIpc) is 3.92. The van der Waals surface area contributed by atoms with Gasteiger partial charge in [0.05, 0.1) is 75.1 Å². The quantitative estimate of drug-likeness (QED) is 0.0554. The van der Waals surface area contributed by atoms with E-state index >= 15 is 0 Å². The van der Waals surface area contributed by atoms with Gasteiger partial charge in [-0.05, 0) is 92.8 Å². The van der Waals surface area contributed by atoms with Gasteiger partial charge in [-0.2, -0.15) is 0 Å². The Hall–Kier alpha value is -5.30. The van der Waals surface area contributed by atoms with Crippen LogP contribution in [0.15, 0.2) is 115 Å². The largest absolute Gasteiger partial charge is 0.381 e. The molecule has 0 amide bonds. The topological polar surface area (TPSA) is 86.1 Å². The molecule has 0 atom stereocenters. The summed E-state index contributed by atoms with van der Waals surface area (Å²) in [6, 6.07) is 41.5. The van der Waals surface area contributed by atoms with E-state index in [0.29, 0.717) is 25.8 Å². The van der Waals surface area contributed by atoms with Crippen molar-refractivity contribution in [2.45, 2.75) is 78.4 Å². The van der Waals surface area contributed by atoms with Crippen molar-refractivity contribution in [2.75, 3.05) is 66.1 Å². The lowest BCUT2D eigenvalue weighted by molar-refractivity contribution is -0.150. The third kappa shape index (κ3) is 9.48. The second-order valence-electron chi connectivity index (χ2n) is 19.9. The molecule has 70 heavy (non-hydrogen) atoms. The Balaban J connectivity index is 0.914. The minimum atomic E-state index is 0.234. The number of benzene rings is 6. The Morgan fingerprint density at radius 1 is 0.543 bits per heavy atom. The van der Waals surface area contributed by atoms with E-state index in [4.69, 9.17) is 38.4 Å². The van der Waals surface area contributed by atoms with Gasteiger partial charge in [0.2, 0.25) is 5.95 Å². The molecule has 10 heteroatoms. The second kappa shape index (κ2) is 21.2. The van der Waals surface area contributed by atoms with Crippen LogP contribution in [0.25, 0.3) is 80.9 Å². The molecular weight excluding hydrogens is 891 g/mol. The first kappa shape index (κ1) is 47.0. The number of hydrogen-bond acceptors (Lipinski definition) is 9. The lowest BCUT2D eigenvalue weighted by Gasteiger charge is -2.40. The number of para-hydroxylation sites is 1. The fourth-order valence-electron chi connectivity index (χ4n) is 10.4. The highest BCUT2D eigenvalue weighted by molar-refractivity contribution is 7.27. The van der Waals surface area contributed by atoms with Gasteiger partial charge in [0.1, 0.15) is 0 Å². The van der Waals surface area contributed by atoms with E-state index in [-0.39, 0.29) is 10.8 Å². The summed E-state index contributed by atoms with van der Waals surface area (Å²) >= 11 is 1.88. The van der Waals surface area contributed by atoms with Crippen LogP contribution in [0.4, 0.5) is 0 Å². The first-order chi connectivity index (χ1) is 34.6. The van der Waals surface area contributed by atoms with Crippen LogP contribution in [0.5, 0.6) is 0 Å². The van der Waals surface area contributed by atoms with Gasteiger partial charge >= 0.3 is 0 Å². The zero-order valence-electron chi connectivity index (χ0n) is 40.8. The number of rotatable bonds is 24. The molecule has 0 radical (unpaired) electrons. The number of hydrogen-bond donors (Lipinski definition) is 0. The first-order valence-electron chi connectivity index (χ1n) is 25.7. The number of thiophene rings is 1. The number of nitrogens with zero attached hydrogens (tertiary/aromatic N) is 3. The lowest BCUT2D eigenvalue weighted by atomic mass is 9.84. The third-order valence-electron chi connectivity index (χ3n) is 14.9. The van der Waals surface area contributed by atoms with E-state index in [9.17, 15) is 0 Å². The molecular formula is C60H65N3O6S. The van der Waals surface area contributed by atoms with Crippen LogP contribution >= 0.6 is 11.3 Å². The van der Waals surface area contributed by atoms with Gasteiger partial charge in [-0.25, -0.2) is 9.97 Å². The van der Waals surface area contributed by atoms with E-state index in [1.54, 1.807) is 0 Å². The Labute approximate surface area is 415 Å². The molecule has 3 aromatic heterocycles. The summed E-state index contributed by atoms with van der Waals surface area (Å²) < 4.78 is 40.7. The van der Waals surface area contributed by atoms with Gasteiger partial charge in [-0.15, -0.1) is 11.3 Å². The zero-order chi connectivity index (χ0) is 47.3. The molecule has 2 saturated heterocycles. The molecule has 362 valence electrons. The minimum Gasteiger partial charge on any atom is -0.381 e. The van der Waals surface area contributed by atoms with Crippen LogP contribution in [0.2, 0.25) is 0 Å². The van der Waals surface area contributed by atoms with Gasteiger partial charge in [0, 0.05) is 89.9 Å². The van der Waals surface area contributed by atoms with Crippen LogP contribution in [0.3, 0.4) is 0 Å². The molecule has 2 fully saturated rings. The van der Waals surface area contributed by atoms with Gasteiger partial charge in [-0.1, -0.05) is 98.8 Å². The maximum atomic E-state index is 6.41. The molecule has 6 aromatic carbocycles. The first-order valence-corrected chi connectivity index (χ1v) is 26.5. The van der Waals surface area contributed by atoms with E-state index in [1.165, 1.54) is 47.3 Å². The minimum absolute atomic E-state index is 0.234. The van der Waals surface area contributed by atoms with E-state index < -0.39 is 0 Å². The normalized spacial score (nSPS) is 15.5. The summed E-state index contributed by atoms with van der Waals surface area (Å²) in [5, 5.41) is 8.31. The lowest BCUT2D eigenvalue weighted by Crippen LogP contribution is -2.45. The maximum absolute atomic E-state index is 6.41.